The van der Waals surface area contributed by atoms with Crippen LogP contribution in [0.4, 0.5) is 0 Å². The highest BCUT2D eigenvalue weighted by Gasteiger charge is 2.08. The van der Waals surface area contributed by atoms with Crippen molar-refractivity contribution in [1.29, 1.82) is 0 Å². The summed E-state index contributed by atoms with van der Waals surface area (Å²) < 4.78 is 6.62. The molecule has 3 heterocycles. The first-order chi connectivity index (χ1) is 13.0. The van der Waals surface area contributed by atoms with E-state index in [1.165, 1.54) is 21.8 Å². The molecule has 0 aromatic carbocycles. The van der Waals surface area contributed by atoms with Gasteiger partial charge in [0.2, 0.25) is 0 Å². The van der Waals surface area contributed by atoms with E-state index in [1.807, 2.05) is 18.4 Å². The van der Waals surface area contributed by atoms with E-state index in [-0.39, 0.29) is 24.5 Å². The number of hydrogen-bond donors (Lipinski definition) is 1. The highest BCUT2D eigenvalue weighted by Crippen LogP contribution is 2.06. The molecule has 0 aliphatic carbocycles. The predicted molar refractivity (Wildman–Crippen MR) is 102 cm³/mol. The van der Waals surface area contributed by atoms with Gasteiger partial charge in [-0.05, 0) is 42.5 Å². The van der Waals surface area contributed by atoms with Crippen LogP contribution >= 0.6 is 11.3 Å². The molecule has 7 nitrogen and oxygen atoms in total. The Morgan fingerprint density at radius 1 is 1.30 bits per heavy atom. The third-order valence-electron chi connectivity index (χ3n) is 3.88. The van der Waals surface area contributed by atoms with Crippen molar-refractivity contribution in [2.75, 3.05) is 6.54 Å². The minimum atomic E-state index is -0.397. The minimum absolute atomic E-state index is 0.0558. The van der Waals surface area contributed by atoms with Crippen molar-refractivity contribution < 1.29 is 14.3 Å². The van der Waals surface area contributed by atoms with Gasteiger partial charge < -0.3 is 10.1 Å². The molecule has 1 amide bonds. The number of ether oxygens (including phenoxy) is 1. The normalized spacial score (nSPS) is 10.7. The van der Waals surface area contributed by atoms with Crippen LogP contribution in [0.1, 0.15) is 34.5 Å². The largest absolute Gasteiger partial charge is 0.459 e. The highest BCUT2D eigenvalue weighted by atomic mass is 32.1. The fraction of sp³-hybridized carbons (Fsp3) is 0.263. The van der Waals surface area contributed by atoms with Crippen molar-refractivity contribution in [1.82, 2.24) is 14.7 Å². The Hall–Kier alpha value is -3.00. The number of rotatable bonds is 7. The lowest BCUT2D eigenvalue weighted by Gasteiger charge is -2.07. The Balaban J connectivity index is 1.46. The molecule has 3 aromatic rings. The molecule has 0 aliphatic heterocycles. The van der Waals surface area contributed by atoms with Gasteiger partial charge in [0.1, 0.15) is 12.3 Å². The minimum Gasteiger partial charge on any atom is -0.459 e. The quantitative estimate of drug-likeness (QED) is 0.498. The number of esters is 1. The molecule has 140 valence electrons. The van der Waals surface area contributed by atoms with Crippen LogP contribution in [0.2, 0.25) is 0 Å². The van der Waals surface area contributed by atoms with Gasteiger partial charge in [0.05, 0.1) is 5.69 Å². The van der Waals surface area contributed by atoms with Crippen LogP contribution in [0, 0.1) is 6.92 Å². The smallest absolute Gasteiger partial charge is 0.306 e. The second-order valence-corrected chi connectivity index (χ2v) is 6.83. The van der Waals surface area contributed by atoms with Crippen LogP contribution in [0.15, 0.2) is 46.0 Å². The van der Waals surface area contributed by atoms with Crippen molar-refractivity contribution in [2.45, 2.75) is 26.4 Å². The monoisotopic (exact) mass is 385 g/mol. The average Bonchev–Trinajstić information content (AvgIpc) is 3.18. The van der Waals surface area contributed by atoms with Gasteiger partial charge in [0, 0.05) is 36.2 Å². The molecule has 8 heteroatoms. The second kappa shape index (κ2) is 8.59. The van der Waals surface area contributed by atoms with Crippen LogP contribution in [0.25, 0.3) is 5.65 Å². The standard InChI is InChI=1S/C19H19N3O4S/c1-13-4-7-22-16(9-13)21-15(10-17(22)23)11-26-18(24)3-2-6-20-19(25)14-5-8-27-12-14/h4-5,7-10,12H,2-3,6,11H2,1H3,(H,20,25). The number of aromatic nitrogens is 2. The summed E-state index contributed by atoms with van der Waals surface area (Å²) in [4.78, 5) is 40.0. The zero-order valence-electron chi connectivity index (χ0n) is 14.8. The number of amides is 1. The zero-order valence-corrected chi connectivity index (χ0v) is 15.6. The van der Waals surface area contributed by atoms with Gasteiger partial charge in [-0.3, -0.25) is 18.8 Å². The topological polar surface area (TPSA) is 89.8 Å². The number of aryl methyl sites for hydroxylation is 1. The van der Waals surface area contributed by atoms with Crippen molar-refractivity contribution in [3.8, 4) is 0 Å². The molecule has 1 N–H and O–H groups in total. The number of nitrogens with one attached hydrogen (secondary N) is 1. The van der Waals surface area contributed by atoms with E-state index in [2.05, 4.69) is 10.3 Å². The van der Waals surface area contributed by atoms with Crippen molar-refractivity contribution in [3.63, 3.8) is 0 Å². The number of nitrogens with zero attached hydrogens (tertiary/aromatic N) is 2. The predicted octanol–water partition coefficient (Wildman–Crippen LogP) is 2.32. The second-order valence-electron chi connectivity index (χ2n) is 6.05. The maximum Gasteiger partial charge on any atom is 0.306 e. The fourth-order valence-corrected chi connectivity index (χ4v) is 3.12. The molecule has 0 fully saturated rings. The molecule has 0 atom stereocenters. The Labute approximate surface area is 159 Å². The molecular formula is C19H19N3O4S. The van der Waals surface area contributed by atoms with Crippen LogP contribution in [-0.2, 0) is 16.1 Å². The Morgan fingerprint density at radius 3 is 2.93 bits per heavy atom. The third-order valence-corrected chi connectivity index (χ3v) is 4.57. The highest BCUT2D eigenvalue weighted by molar-refractivity contribution is 7.08. The van der Waals surface area contributed by atoms with E-state index in [0.717, 1.165) is 5.56 Å². The van der Waals surface area contributed by atoms with E-state index in [9.17, 15) is 14.4 Å². The van der Waals surface area contributed by atoms with E-state index < -0.39 is 5.97 Å². The Bertz CT molecular complexity index is 1010. The molecule has 0 radical (unpaired) electrons. The number of fused-ring (bicyclic) bond motifs is 1. The number of pyridine rings is 1. The molecule has 0 saturated carbocycles. The lowest BCUT2D eigenvalue weighted by molar-refractivity contribution is -0.145. The summed E-state index contributed by atoms with van der Waals surface area (Å²) in [6.07, 6.45) is 2.32. The molecule has 3 rings (SSSR count). The maximum atomic E-state index is 12.1. The molecule has 0 bridgehead atoms. The molecule has 0 aliphatic rings. The maximum absolute atomic E-state index is 12.1. The number of carbonyl (C=O) groups excluding carboxylic acids is 2. The van der Waals surface area contributed by atoms with E-state index in [4.69, 9.17) is 4.74 Å². The van der Waals surface area contributed by atoms with Gasteiger partial charge in [-0.15, -0.1) is 0 Å². The van der Waals surface area contributed by atoms with Gasteiger partial charge in [-0.1, -0.05) is 0 Å². The summed E-state index contributed by atoms with van der Waals surface area (Å²) in [5, 5.41) is 6.35. The molecule has 0 unspecified atom stereocenters. The molecule has 3 aromatic heterocycles. The van der Waals surface area contributed by atoms with Gasteiger partial charge in [-0.2, -0.15) is 11.3 Å². The van der Waals surface area contributed by atoms with Gasteiger partial charge in [0.25, 0.3) is 11.5 Å². The van der Waals surface area contributed by atoms with Crippen LogP contribution < -0.4 is 10.9 Å². The van der Waals surface area contributed by atoms with E-state index in [1.54, 1.807) is 23.7 Å². The summed E-state index contributed by atoms with van der Waals surface area (Å²) >= 11 is 1.45. The van der Waals surface area contributed by atoms with Crippen LogP contribution in [0.3, 0.4) is 0 Å². The number of hydrogen-bond acceptors (Lipinski definition) is 6. The van der Waals surface area contributed by atoms with Crippen molar-refractivity contribution >= 4 is 28.9 Å². The van der Waals surface area contributed by atoms with Gasteiger partial charge in [0.15, 0.2) is 0 Å². The zero-order chi connectivity index (χ0) is 19.2. The SMILES string of the molecule is Cc1ccn2c(=O)cc(COC(=O)CCCNC(=O)c3ccsc3)nc2c1. The van der Waals surface area contributed by atoms with E-state index >= 15 is 0 Å². The summed E-state index contributed by atoms with van der Waals surface area (Å²) in [6, 6.07) is 6.72. The van der Waals surface area contributed by atoms with Crippen molar-refractivity contribution in [2.24, 2.45) is 0 Å². The van der Waals surface area contributed by atoms with E-state index in [0.29, 0.717) is 29.9 Å². The Morgan fingerprint density at radius 2 is 2.15 bits per heavy atom. The molecule has 27 heavy (non-hydrogen) atoms. The molecule has 0 spiro atoms. The lowest BCUT2D eigenvalue weighted by Crippen LogP contribution is -2.24. The molecule has 0 saturated heterocycles. The first-order valence-electron chi connectivity index (χ1n) is 8.48. The Kier molecular flexibility index (Phi) is 5.97. The van der Waals surface area contributed by atoms with Crippen LogP contribution in [0.5, 0.6) is 0 Å². The lowest BCUT2D eigenvalue weighted by atomic mass is 10.3. The number of thiophene rings is 1. The van der Waals surface area contributed by atoms with Gasteiger partial charge >= 0.3 is 5.97 Å². The third kappa shape index (κ3) is 5.01. The van der Waals surface area contributed by atoms with Crippen LogP contribution in [-0.4, -0.2) is 27.8 Å². The fourth-order valence-electron chi connectivity index (χ4n) is 2.48. The first-order valence-corrected chi connectivity index (χ1v) is 9.42. The van der Waals surface area contributed by atoms with Crippen molar-refractivity contribution in [3.05, 3.63) is 68.4 Å². The summed E-state index contributed by atoms with van der Waals surface area (Å²) in [6.45, 7) is 2.24. The summed E-state index contributed by atoms with van der Waals surface area (Å²) in [7, 11) is 0. The van der Waals surface area contributed by atoms with Gasteiger partial charge in [-0.25, -0.2) is 4.98 Å². The number of carbonyl (C=O) groups is 2. The molecular weight excluding hydrogens is 366 g/mol. The average molecular weight is 385 g/mol. The first kappa shape index (κ1) is 18.8. The summed E-state index contributed by atoms with van der Waals surface area (Å²) in [5.41, 5.74) is 2.31. The summed E-state index contributed by atoms with van der Waals surface area (Å²) in [5.74, 6) is -0.549.